The van der Waals surface area contributed by atoms with Crippen LogP contribution in [0.4, 0.5) is 10.1 Å². The van der Waals surface area contributed by atoms with Crippen molar-refractivity contribution >= 4 is 29.9 Å². The summed E-state index contributed by atoms with van der Waals surface area (Å²) in [7, 11) is 0. The molecule has 116 valence electrons. The lowest BCUT2D eigenvalue weighted by Gasteiger charge is -2.23. The Kier molecular flexibility index (Phi) is 6.58. The topological polar surface area (TPSA) is 70.2 Å². The molecule has 0 spiro atoms. The van der Waals surface area contributed by atoms with Gasteiger partial charge in [-0.25, -0.2) is 4.39 Å². The van der Waals surface area contributed by atoms with E-state index in [0.29, 0.717) is 5.56 Å². The van der Waals surface area contributed by atoms with Gasteiger partial charge in [-0.1, -0.05) is 0 Å². The number of hydrogen-bond donors (Lipinski definition) is 3. The van der Waals surface area contributed by atoms with Gasteiger partial charge in [0.05, 0.1) is 5.69 Å². The number of piperidine rings is 1. The van der Waals surface area contributed by atoms with Crippen LogP contribution in [0.3, 0.4) is 0 Å². The Morgan fingerprint density at radius 2 is 2.14 bits per heavy atom. The number of benzene rings is 1. The van der Waals surface area contributed by atoms with E-state index in [0.717, 1.165) is 25.9 Å². The highest BCUT2D eigenvalue weighted by molar-refractivity contribution is 5.97. The molecule has 0 unspecified atom stereocenters. The summed E-state index contributed by atoms with van der Waals surface area (Å²) in [4.78, 5) is 23.1. The highest BCUT2D eigenvalue weighted by atomic mass is 35.5. The predicted molar refractivity (Wildman–Crippen MR) is 81.3 cm³/mol. The number of hydrogen-bond acceptors (Lipinski definition) is 3. The first kappa shape index (κ1) is 17.4. The lowest BCUT2D eigenvalue weighted by molar-refractivity contribution is -0.114. The van der Waals surface area contributed by atoms with Crippen molar-refractivity contribution in [3.63, 3.8) is 0 Å². The second-order valence-corrected chi connectivity index (χ2v) is 4.89. The van der Waals surface area contributed by atoms with Crippen LogP contribution in [-0.2, 0) is 4.79 Å². The van der Waals surface area contributed by atoms with Crippen LogP contribution in [0.15, 0.2) is 18.2 Å². The highest BCUT2D eigenvalue weighted by Gasteiger charge is 2.17. The summed E-state index contributed by atoms with van der Waals surface area (Å²) in [6.45, 7) is 3.00. The Morgan fingerprint density at radius 1 is 1.38 bits per heavy atom. The fourth-order valence-corrected chi connectivity index (χ4v) is 2.20. The number of carbonyl (C=O) groups excluding carboxylic acids is 2. The van der Waals surface area contributed by atoms with Crippen LogP contribution in [0.2, 0.25) is 0 Å². The molecule has 7 heteroatoms. The van der Waals surface area contributed by atoms with E-state index < -0.39 is 5.82 Å². The first-order valence-electron chi connectivity index (χ1n) is 6.65. The summed E-state index contributed by atoms with van der Waals surface area (Å²) < 4.78 is 13.5. The summed E-state index contributed by atoms with van der Waals surface area (Å²) in [5, 5.41) is 8.47. The van der Waals surface area contributed by atoms with Gasteiger partial charge in [-0.05, 0) is 37.6 Å². The van der Waals surface area contributed by atoms with Crippen LogP contribution in [0.1, 0.15) is 30.1 Å². The van der Waals surface area contributed by atoms with Crippen LogP contribution >= 0.6 is 12.4 Å². The standard InChI is InChI=1S/C14H18FN3O2.ClH/c1-9(19)17-13-7-10(4-5-12(13)15)14(20)18-11-3-2-6-16-8-11;/h4-5,7,11,16H,2-3,6,8H2,1H3,(H,17,19)(H,18,20);1H/t11-;/m0./s1. The average molecular weight is 316 g/mol. The van der Waals surface area contributed by atoms with Gasteiger partial charge in [-0.3, -0.25) is 9.59 Å². The third-order valence-electron chi connectivity index (χ3n) is 3.17. The van der Waals surface area contributed by atoms with Gasteiger partial charge in [0.25, 0.3) is 5.91 Å². The maximum atomic E-state index is 13.5. The van der Waals surface area contributed by atoms with Crippen LogP contribution in [-0.4, -0.2) is 30.9 Å². The summed E-state index contributed by atoms with van der Waals surface area (Å²) >= 11 is 0. The van der Waals surface area contributed by atoms with E-state index >= 15 is 0 Å². The van der Waals surface area contributed by atoms with Gasteiger partial charge >= 0.3 is 0 Å². The van der Waals surface area contributed by atoms with Crippen molar-refractivity contribution in [3.8, 4) is 0 Å². The van der Waals surface area contributed by atoms with Gasteiger partial charge in [0.2, 0.25) is 5.91 Å². The van der Waals surface area contributed by atoms with Crippen LogP contribution in [0.25, 0.3) is 0 Å². The molecule has 1 atom stereocenters. The van der Waals surface area contributed by atoms with Crippen molar-refractivity contribution < 1.29 is 14.0 Å². The summed E-state index contributed by atoms with van der Waals surface area (Å²) in [5.41, 5.74) is 0.354. The Balaban J connectivity index is 0.00000220. The quantitative estimate of drug-likeness (QED) is 0.795. The fraction of sp³-hybridized carbons (Fsp3) is 0.429. The maximum absolute atomic E-state index is 13.5. The lowest BCUT2D eigenvalue weighted by Crippen LogP contribution is -2.45. The maximum Gasteiger partial charge on any atom is 0.251 e. The summed E-state index contributed by atoms with van der Waals surface area (Å²) in [6.07, 6.45) is 1.95. The van der Waals surface area contributed by atoms with E-state index in [-0.39, 0.29) is 36.0 Å². The van der Waals surface area contributed by atoms with Gasteiger partial charge < -0.3 is 16.0 Å². The molecule has 0 saturated carbocycles. The molecule has 2 amide bonds. The van der Waals surface area contributed by atoms with Gasteiger partial charge in [-0.15, -0.1) is 12.4 Å². The van der Waals surface area contributed by atoms with Crippen molar-refractivity contribution in [2.45, 2.75) is 25.8 Å². The first-order chi connectivity index (χ1) is 9.56. The van der Waals surface area contributed by atoms with E-state index in [4.69, 9.17) is 0 Å². The van der Waals surface area contributed by atoms with Gasteiger partial charge in [0.1, 0.15) is 5.82 Å². The van der Waals surface area contributed by atoms with E-state index in [1.165, 1.54) is 25.1 Å². The van der Waals surface area contributed by atoms with E-state index in [1.54, 1.807) is 0 Å². The molecule has 2 rings (SSSR count). The number of rotatable bonds is 3. The molecule has 1 aromatic rings. The average Bonchev–Trinajstić information content (AvgIpc) is 2.42. The number of carbonyl (C=O) groups is 2. The van der Waals surface area contributed by atoms with E-state index in [1.807, 2.05) is 0 Å². The fourth-order valence-electron chi connectivity index (χ4n) is 2.20. The molecule has 0 aromatic heterocycles. The molecule has 3 N–H and O–H groups in total. The molecule has 1 aliphatic rings. The molecule has 0 bridgehead atoms. The molecule has 1 aromatic carbocycles. The molecule has 1 heterocycles. The van der Waals surface area contributed by atoms with Crippen molar-refractivity contribution in [2.24, 2.45) is 0 Å². The predicted octanol–water partition coefficient (Wildman–Crippen LogP) is 1.69. The molecule has 5 nitrogen and oxygen atoms in total. The van der Waals surface area contributed by atoms with Crippen LogP contribution in [0, 0.1) is 5.82 Å². The molecular formula is C14H19ClFN3O2. The SMILES string of the molecule is CC(=O)Nc1cc(C(=O)N[C@H]2CCCNC2)ccc1F.Cl. The molecule has 1 aliphatic heterocycles. The summed E-state index contributed by atoms with van der Waals surface area (Å²) in [6, 6.07) is 4.03. The third kappa shape index (κ3) is 4.99. The largest absolute Gasteiger partial charge is 0.348 e. The van der Waals surface area contributed by atoms with Crippen molar-refractivity contribution in [1.82, 2.24) is 10.6 Å². The molecule has 0 radical (unpaired) electrons. The Bertz CT molecular complexity index is 519. The zero-order valence-electron chi connectivity index (χ0n) is 11.7. The number of nitrogens with one attached hydrogen (secondary N) is 3. The minimum atomic E-state index is -0.559. The van der Waals surface area contributed by atoms with Crippen LogP contribution < -0.4 is 16.0 Å². The molecule has 1 fully saturated rings. The van der Waals surface area contributed by atoms with Crippen molar-refractivity contribution in [1.29, 1.82) is 0 Å². The van der Waals surface area contributed by atoms with Gasteiger partial charge in [-0.2, -0.15) is 0 Å². The van der Waals surface area contributed by atoms with E-state index in [9.17, 15) is 14.0 Å². The van der Waals surface area contributed by atoms with Crippen LogP contribution in [0.5, 0.6) is 0 Å². The van der Waals surface area contributed by atoms with Gasteiger partial charge in [0.15, 0.2) is 0 Å². The second-order valence-electron chi connectivity index (χ2n) is 4.89. The Morgan fingerprint density at radius 3 is 2.76 bits per heavy atom. The lowest BCUT2D eigenvalue weighted by atomic mass is 10.1. The van der Waals surface area contributed by atoms with Gasteiger partial charge in [0, 0.05) is 25.1 Å². The number of amides is 2. The zero-order valence-corrected chi connectivity index (χ0v) is 12.6. The minimum absolute atomic E-state index is 0. The zero-order chi connectivity index (χ0) is 14.5. The van der Waals surface area contributed by atoms with E-state index in [2.05, 4.69) is 16.0 Å². The molecule has 1 saturated heterocycles. The minimum Gasteiger partial charge on any atom is -0.348 e. The second kappa shape index (κ2) is 7.95. The Labute approximate surface area is 129 Å². The normalized spacial score (nSPS) is 17.5. The monoisotopic (exact) mass is 315 g/mol. The highest BCUT2D eigenvalue weighted by Crippen LogP contribution is 2.16. The van der Waals surface area contributed by atoms with Crippen molar-refractivity contribution in [2.75, 3.05) is 18.4 Å². The molecule has 0 aliphatic carbocycles. The molecular weight excluding hydrogens is 297 g/mol. The third-order valence-corrected chi connectivity index (χ3v) is 3.17. The summed E-state index contributed by atoms with van der Waals surface area (Å²) in [5.74, 6) is -1.20. The Hall–Kier alpha value is -1.66. The smallest absolute Gasteiger partial charge is 0.251 e. The molecule has 21 heavy (non-hydrogen) atoms. The number of halogens is 2. The first-order valence-corrected chi connectivity index (χ1v) is 6.65. The number of anilines is 1. The van der Waals surface area contributed by atoms with Crippen molar-refractivity contribution in [3.05, 3.63) is 29.6 Å².